The summed E-state index contributed by atoms with van der Waals surface area (Å²) in [5.74, 6) is 1.09. The third-order valence-corrected chi connectivity index (χ3v) is 6.58. The molecule has 0 bridgehead atoms. The molecular formula is C24H30ClNO2. The van der Waals surface area contributed by atoms with E-state index in [4.69, 9.17) is 4.74 Å². The molecule has 1 saturated heterocycles. The smallest absolute Gasteiger partial charge is 0.183 e. The second-order valence-electron chi connectivity index (χ2n) is 8.00. The number of aryl methyl sites for hydroxylation is 2. The van der Waals surface area contributed by atoms with E-state index in [2.05, 4.69) is 42.2 Å². The summed E-state index contributed by atoms with van der Waals surface area (Å²) in [6.07, 6.45) is 6.24. The van der Waals surface area contributed by atoms with Crippen molar-refractivity contribution in [2.75, 3.05) is 20.2 Å². The number of carbonyl (C=O) groups excluding carboxylic acids is 1. The van der Waals surface area contributed by atoms with E-state index in [9.17, 15) is 4.79 Å². The van der Waals surface area contributed by atoms with Crippen molar-refractivity contribution < 1.29 is 9.53 Å². The third kappa shape index (κ3) is 3.70. The van der Waals surface area contributed by atoms with E-state index in [-0.39, 0.29) is 17.9 Å². The molecule has 1 aliphatic heterocycles. The van der Waals surface area contributed by atoms with Crippen molar-refractivity contribution in [1.29, 1.82) is 0 Å². The summed E-state index contributed by atoms with van der Waals surface area (Å²) in [6, 6.07) is 14.6. The van der Waals surface area contributed by atoms with Crippen molar-refractivity contribution in [2.24, 2.45) is 0 Å². The molecule has 1 fully saturated rings. The third-order valence-electron chi connectivity index (χ3n) is 6.58. The van der Waals surface area contributed by atoms with Crippen LogP contribution in [0.3, 0.4) is 0 Å². The molecule has 3 nitrogen and oxygen atoms in total. The van der Waals surface area contributed by atoms with Gasteiger partial charge in [-0.25, -0.2) is 0 Å². The van der Waals surface area contributed by atoms with Crippen molar-refractivity contribution in [2.45, 2.75) is 51.0 Å². The van der Waals surface area contributed by atoms with Crippen LogP contribution in [0.1, 0.15) is 52.7 Å². The first kappa shape index (κ1) is 20.9. The summed E-state index contributed by atoms with van der Waals surface area (Å²) in [7, 11) is 1.67. The normalized spacial score (nSPS) is 21.9. The number of hydrogen-bond donors (Lipinski definition) is 0. The van der Waals surface area contributed by atoms with E-state index >= 15 is 0 Å². The van der Waals surface area contributed by atoms with Crippen molar-refractivity contribution in [1.82, 2.24) is 4.90 Å². The van der Waals surface area contributed by atoms with Crippen LogP contribution in [0.4, 0.5) is 0 Å². The highest BCUT2D eigenvalue weighted by atomic mass is 35.5. The lowest BCUT2D eigenvalue weighted by molar-refractivity contribution is 0.0297. The summed E-state index contributed by atoms with van der Waals surface area (Å²) < 4.78 is 5.38. The molecule has 0 aromatic heterocycles. The van der Waals surface area contributed by atoms with E-state index in [1.807, 2.05) is 12.1 Å². The van der Waals surface area contributed by atoms with Crippen LogP contribution in [-0.4, -0.2) is 36.4 Å². The van der Waals surface area contributed by atoms with Gasteiger partial charge < -0.3 is 4.74 Å². The Kier molecular flexibility index (Phi) is 6.47. The Bertz CT molecular complexity index is 850. The second kappa shape index (κ2) is 8.67. The lowest BCUT2D eigenvalue weighted by Crippen LogP contribution is -2.59. The zero-order valence-electron chi connectivity index (χ0n) is 16.9. The number of benzene rings is 2. The van der Waals surface area contributed by atoms with Gasteiger partial charge in [0.15, 0.2) is 5.78 Å². The Hall–Kier alpha value is -1.84. The zero-order valence-corrected chi connectivity index (χ0v) is 17.7. The number of halogens is 1. The molecular weight excluding hydrogens is 370 g/mol. The Morgan fingerprint density at radius 1 is 1.11 bits per heavy atom. The molecule has 1 atom stereocenters. The van der Waals surface area contributed by atoms with Gasteiger partial charge in [0.1, 0.15) is 5.75 Å². The highest BCUT2D eigenvalue weighted by Crippen LogP contribution is 2.40. The van der Waals surface area contributed by atoms with Gasteiger partial charge >= 0.3 is 0 Å². The van der Waals surface area contributed by atoms with Gasteiger partial charge in [-0.3, -0.25) is 9.69 Å². The number of fused-ring (bicyclic) bond motifs is 1. The maximum atomic E-state index is 13.7. The molecule has 28 heavy (non-hydrogen) atoms. The summed E-state index contributed by atoms with van der Waals surface area (Å²) in [5, 5.41) is 0. The van der Waals surface area contributed by atoms with Gasteiger partial charge in [-0.05, 0) is 80.8 Å². The second-order valence-corrected chi connectivity index (χ2v) is 8.00. The highest BCUT2D eigenvalue weighted by Gasteiger charge is 2.47. The fraction of sp³-hybridized carbons (Fsp3) is 0.458. The molecule has 2 aromatic rings. The number of carbonyl (C=O) groups is 1. The Labute approximate surface area is 174 Å². The van der Waals surface area contributed by atoms with Crippen LogP contribution >= 0.6 is 12.4 Å². The standard InChI is InChI=1S/C24H29NO2.ClH/c1-18-7-3-4-8-19(18)12-16-25-15-6-5-13-24(25)14-11-20-9-10-21(27-2)17-22(20)23(24)26;/h3-4,7-10,17H,5-6,11-16H2,1-2H3;1H. The summed E-state index contributed by atoms with van der Waals surface area (Å²) >= 11 is 0. The van der Waals surface area contributed by atoms with E-state index in [0.29, 0.717) is 5.78 Å². The fourth-order valence-corrected chi connectivity index (χ4v) is 4.92. The Morgan fingerprint density at radius 3 is 2.71 bits per heavy atom. The topological polar surface area (TPSA) is 29.5 Å². The van der Waals surface area contributed by atoms with Crippen LogP contribution in [0, 0.1) is 6.92 Å². The fourth-order valence-electron chi connectivity index (χ4n) is 4.92. The summed E-state index contributed by atoms with van der Waals surface area (Å²) in [6.45, 7) is 4.16. The average molecular weight is 400 g/mol. The number of rotatable bonds is 4. The number of Topliss-reactive ketones (excluding diaryl/α,β-unsaturated/α-hetero) is 1. The van der Waals surface area contributed by atoms with Crippen LogP contribution in [0.2, 0.25) is 0 Å². The molecule has 1 unspecified atom stereocenters. The van der Waals surface area contributed by atoms with Gasteiger partial charge in [0.2, 0.25) is 0 Å². The van der Waals surface area contributed by atoms with Crippen molar-refractivity contribution in [3.8, 4) is 5.75 Å². The SMILES string of the molecule is COc1ccc2c(c1)C(=O)C1(CCCCN1CCc1ccccc1C)CC2.Cl. The van der Waals surface area contributed by atoms with Crippen LogP contribution in [0.25, 0.3) is 0 Å². The molecule has 0 N–H and O–H groups in total. The van der Waals surface area contributed by atoms with Gasteiger partial charge in [-0.1, -0.05) is 30.3 Å². The molecule has 0 radical (unpaired) electrons. The Balaban J connectivity index is 0.00000225. The molecule has 4 rings (SSSR count). The van der Waals surface area contributed by atoms with Gasteiger partial charge in [-0.15, -0.1) is 12.4 Å². The minimum absolute atomic E-state index is 0. The number of methoxy groups -OCH3 is 1. The predicted molar refractivity (Wildman–Crippen MR) is 116 cm³/mol. The zero-order chi connectivity index (χ0) is 18.9. The first-order chi connectivity index (χ1) is 13.1. The van der Waals surface area contributed by atoms with E-state index < -0.39 is 0 Å². The molecule has 0 amide bonds. The number of hydrogen-bond acceptors (Lipinski definition) is 3. The number of nitrogens with zero attached hydrogens (tertiary/aromatic N) is 1. The number of piperidine rings is 1. The molecule has 0 saturated carbocycles. The van der Waals surface area contributed by atoms with E-state index in [0.717, 1.165) is 56.5 Å². The van der Waals surface area contributed by atoms with Gasteiger partial charge in [0.25, 0.3) is 0 Å². The lowest BCUT2D eigenvalue weighted by Gasteiger charge is -2.48. The van der Waals surface area contributed by atoms with Crippen molar-refractivity contribution in [3.63, 3.8) is 0 Å². The molecule has 1 heterocycles. The predicted octanol–water partition coefficient (Wildman–Crippen LogP) is 5.02. The molecule has 2 aromatic carbocycles. The monoisotopic (exact) mass is 399 g/mol. The summed E-state index contributed by atoms with van der Waals surface area (Å²) in [4.78, 5) is 16.1. The highest BCUT2D eigenvalue weighted by molar-refractivity contribution is 6.05. The average Bonchev–Trinajstić information content (AvgIpc) is 2.71. The van der Waals surface area contributed by atoms with Crippen LogP contribution < -0.4 is 4.74 Å². The molecule has 150 valence electrons. The van der Waals surface area contributed by atoms with Crippen LogP contribution in [0.15, 0.2) is 42.5 Å². The molecule has 4 heteroatoms. The number of likely N-dealkylation sites (tertiary alicyclic amines) is 1. The first-order valence-electron chi connectivity index (χ1n) is 10.2. The number of ether oxygens (including phenoxy) is 1. The summed E-state index contributed by atoms with van der Waals surface area (Å²) in [5.41, 5.74) is 4.47. The molecule has 2 aliphatic rings. The maximum absolute atomic E-state index is 13.7. The van der Waals surface area contributed by atoms with E-state index in [1.165, 1.54) is 23.1 Å². The van der Waals surface area contributed by atoms with Crippen LogP contribution in [0.5, 0.6) is 5.75 Å². The maximum Gasteiger partial charge on any atom is 0.183 e. The van der Waals surface area contributed by atoms with Crippen molar-refractivity contribution >= 4 is 18.2 Å². The van der Waals surface area contributed by atoms with Gasteiger partial charge in [0.05, 0.1) is 12.6 Å². The van der Waals surface area contributed by atoms with Gasteiger partial charge in [-0.2, -0.15) is 0 Å². The van der Waals surface area contributed by atoms with E-state index in [1.54, 1.807) is 7.11 Å². The minimum Gasteiger partial charge on any atom is -0.497 e. The number of ketones is 1. The quantitative estimate of drug-likeness (QED) is 0.722. The first-order valence-corrected chi connectivity index (χ1v) is 10.2. The van der Waals surface area contributed by atoms with Crippen LogP contribution in [-0.2, 0) is 12.8 Å². The Morgan fingerprint density at radius 2 is 1.93 bits per heavy atom. The minimum atomic E-state index is -0.319. The lowest BCUT2D eigenvalue weighted by atomic mass is 9.71. The van der Waals surface area contributed by atoms with Crippen molar-refractivity contribution in [3.05, 3.63) is 64.7 Å². The largest absolute Gasteiger partial charge is 0.497 e. The van der Waals surface area contributed by atoms with Gasteiger partial charge in [0, 0.05) is 12.1 Å². The molecule has 1 spiro atoms. The molecule has 1 aliphatic carbocycles.